The lowest BCUT2D eigenvalue weighted by atomic mass is 10.3. The molecule has 0 radical (unpaired) electrons. The summed E-state index contributed by atoms with van der Waals surface area (Å²) in [7, 11) is 0. The van der Waals surface area contributed by atoms with Crippen LogP contribution in [0.15, 0.2) is 30.7 Å². The van der Waals surface area contributed by atoms with Crippen molar-refractivity contribution in [2.45, 2.75) is 6.23 Å². The van der Waals surface area contributed by atoms with Crippen molar-refractivity contribution in [3.63, 3.8) is 0 Å². The maximum Gasteiger partial charge on any atom is 0.510 e. The van der Waals surface area contributed by atoms with Gasteiger partial charge in [0.15, 0.2) is 5.69 Å². The van der Waals surface area contributed by atoms with E-state index in [1.165, 1.54) is 24.7 Å². The predicted molar refractivity (Wildman–Crippen MR) is 84.0 cm³/mol. The summed E-state index contributed by atoms with van der Waals surface area (Å²) in [5.41, 5.74) is 0.270. The summed E-state index contributed by atoms with van der Waals surface area (Å²) in [5.74, 6) is -0.139. The first-order chi connectivity index (χ1) is 11.6. The molecular weight excluding hydrogens is 359 g/mol. The molecule has 24 heavy (non-hydrogen) atoms. The number of halogens is 2. The van der Waals surface area contributed by atoms with Crippen LogP contribution in [0.4, 0.5) is 10.6 Å². The summed E-state index contributed by atoms with van der Waals surface area (Å²) in [6.45, 7) is -0.0203. The normalized spacial score (nSPS) is 16.0. The van der Waals surface area contributed by atoms with Crippen LogP contribution in [0.25, 0.3) is 0 Å². The van der Waals surface area contributed by atoms with E-state index in [0.717, 1.165) is 4.90 Å². The quantitative estimate of drug-likeness (QED) is 0.604. The minimum absolute atomic E-state index is 0.0203. The molecule has 10 heteroatoms. The van der Waals surface area contributed by atoms with E-state index >= 15 is 0 Å². The Bertz CT molecular complexity index is 772. The Morgan fingerprint density at radius 1 is 1.25 bits per heavy atom. The van der Waals surface area contributed by atoms with Gasteiger partial charge >= 0.3 is 6.16 Å². The molecule has 1 aliphatic heterocycles. The number of carbonyl (C=O) groups excluding carboxylic acids is 2. The zero-order valence-corrected chi connectivity index (χ0v) is 13.6. The number of carbonyl (C=O) groups is 2. The average Bonchev–Trinajstić information content (AvgIpc) is 2.87. The first-order valence-corrected chi connectivity index (χ1v) is 7.68. The molecule has 0 N–H and O–H groups in total. The van der Waals surface area contributed by atoms with Crippen LogP contribution >= 0.6 is 23.2 Å². The van der Waals surface area contributed by atoms with E-state index in [2.05, 4.69) is 15.0 Å². The van der Waals surface area contributed by atoms with Crippen molar-refractivity contribution in [3.05, 3.63) is 47.1 Å². The van der Waals surface area contributed by atoms with Crippen molar-refractivity contribution in [2.75, 3.05) is 17.4 Å². The molecule has 0 aliphatic carbocycles. The van der Waals surface area contributed by atoms with Crippen molar-refractivity contribution in [1.82, 2.24) is 15.0 Å². The second-order valence-electron chi connectivity index (χ2n) is 4.56. The van der Waals surface area contributed by atoms with Gasteiger partial charge in [-0.2, -0.15) is 0 Å². The lowest BCUT2D eigenvalue weighted by Crippen LogP contribution is -2.32. The number of anilines is 1. The predicted octanol–water partition coefficient (Wildman–Crippen LogP) is 2.58. The maximum atomic E-state index is 12.6. The third-order valence-corrected chi connectivity index (χ3v) is 3.46. The highest BCUT2D eigenvalue weighted by Crippen LogP contribution is 2.35. The highest BCUT2D eigenvalue weighted by atomic mass is 35.5. The number of ether oxygens (including phenoxy) is 2. The molecule has 0 saturated heterocycles. The smallest absolute Gasteiger partial charge is 0.433 e. The Morgan fingerprint density at radius 3 is 2.75 bits per heavy atom. The summed E-state index contributed by atoms with van der Waals surface area (Å²) in [5, 5.41) is 0.401. The highest BCUT2D eigenvalue weighted by Gasteiger charge is 2.43. The number of nitrogens with zero attached hydrogens (tertiary/aromatic N) is 4. The second-order valence-corrected chi connectivity index (χ2v) is 5.37. The summed E-state index contributed by atoms with van der Waals surface area (Å²) in [6.07, 6.45) is 2.02. The van der Waals surface area contributed by atoms with Crippen molar-refractivity contribution in [2.24, 2.45) is 0 Å². The van der Waals surface area contributed by atoms with Gasteiger partial charge in [0.05, 0.1) is 10.9 Å². The molecule has 124 valence electrons. The van der Waals surface area contributed by atoms with Crippen LogP contribution in [0.2, 0.25) is 5.02 Å². The first kappa shape index (κ1) is 16.4. The zero-order chi connectivity index (χ0) is 17.1. The van der Waals surface area contributed by atoms with Crippen LogP contribution in [-0.4, -0.2) is 39.5 Å². The van der Waals surface area contributed by atoms with Gasteiger partial charge in [0.25, 0.3) is 5.91 Å². The molecule has 0 saturated carbocycles. The van der Waals surface area contributed by atoms with Gasteiger partial charge in [-0.1, -0.05) is 11.6 Å². The minimum Gasteiger partial charge on any atom is -0.433 e. The molecule has 1 amide bonds. The Balaban J connectivity index is 1.95. The van der Waals surface area contributed by atoms with Gasteiger partial charge in [0, 0.05) is 18.6 Å². The number of pyridine rings is 1. The Hall–Kier alpha value is -2.45. The Labute approximate surface area is 146 Å². The van der Waals surface area contributed by atoms with Gasteiger partial charge < -0.3 is 9.47 Å². The van der Waals surface area contributed by atoms with Gasteiger partial charge in [0.1, 0.15) is 18.1 Å². The third kappa shape index (κ3) is 3.10. The summed E-state index contributed by atoms with van der Waals surface area (Å²) in [6, 6.07) is 3.08. The fourth-order valence-electron chi connectivity index (χ4n) is 2.13. The van der Waals surface area contributed by atoms with E-state index in [4.69, 9.17) is 32.7 Å². The number of fused-ring (bicyclic) bond motifs is 1. The molecule has 3 rings (SSSR count). The van der Waals surface area contributed by atoms with Crippen molar-refractivity contribution in [3.8, 4) is 0 Å². The third-order valence-electron chi connectivity index (χ3n) is 3.08. The number of rotatable bonds is 4. The standard InChI is InChI=1S/C14H10Cl2N4O4/c15-3-6-23-14(22)24-13-11-10(17-4-5-18-11)12(21)20(13)9-2-1-8(16)7-19-9/h1-2,4-5,7,13H,3,6H2/t13-/m0/s1. The van der Waals surface area contributed by atoms with Gasteiger partial charge in [-0.3, -0.25) is 9.78 Å². The molecule has 1 aliphatic rings. The molecule has 0 spiro atoms. The lowest BCUT2D eigenvalue weighted by Gasteiger charge is -2.22. The minimum atomic E-state index is -1.14. The maximum absolute atomic E-state index is 12.6. The molecule has 1 atom stereocenters. The zero-order valence-electron chi connectivity index (χ0n) is 12.1. The van der Waals surface area contributed by atoms with E-state index < -0.39 is 18.3 Å². The van der Waals surface area contributed by atoms with E-state index in [0.29, 0.717) is 5.02 Å². The van der Waals surface area contributed by atoms with Gasteiger partial charge in [-0.25, -0.2) is 19.7 Å². The Kier molecular flexibility index (Phi) is 4.77. The molecule has 2 aromatic rings. The van der Waals surface area contributed by atoms with E-state index in [9.17, 15) is 9.59 Å². The first-order valence-electron chi connectivity index (χ1n) is 6.77. The van der Waals surface area contributed by atoms with Crippen LogP contribution < -0.4 is 4.90 Å². The lowest BCUT2D eigenvalue weighted by molar-refractivity contribution is 0.0262. The SMILES string of the molecule is O=C(OCCCl)O[C@H]1c2nccnc2C(=O)N1c1ccc(Cl)cn1. The van der Waals surface area contributed by atoms with Crippen molar-refractivity contribution < 1.29 is 19.1 Å². The topological polar surface area (TPSA) is 94.5 Å². The van der Waals surface area contributed by atoms with Crippen molar-refractivity contribution >= 4 is 41.1 Å². The van der Waals surface area contributed by atoms with Crippen LogP contribution in [-0.2, 0) is 9.47 Å². The number of alkyl halides is 1. The van der Waals surface area contributed by atoms with Crippen molar-refractivity contribution in [1.29, 1.82) is 0 Å². The second kappa shape index (κ2) is 6.98. The molecular formula is C14H10Cl2N4O4. The number of amides is 1. The van der Waals surface area contributed by atoms with E-state index in [1.807, 2.05) is 0 Å². The van der Waals surface area contributed by atoms with E-state index in [-0.39, 0.29) is 29.7 Å². The molecule has 3 heterocycles. The van der Waals surface area contributed by atoms with Gasteiger partial charge in [0.2, 0.25) is 6.23 Å². The summed E-state index contributed by atoms with van der Waals surface area (Å²) < 4.78 is 10.0. The molecule has 0 fully saturated rings. The molecule has 8 nitrogen and oxygen atoms in total. The average molecular weight is 369 g/mol. The summed E-state index contributed by atoms with van der Waals surface area (Å²) in [4.78, 5) is 37.7. The van der Waals surface area contributed by atoms with Crippen LogP contribution in [0, 0.1) is 0 Å². The van der Waals surface area contributed by atoms with Gasteiger partial charge in [-0.15, -0.1) is 11.6 Å². The molecule has 0 aromatic carbocycles. The van der Waals surface area contributed by atoms with Crippen LogP contribution in [0.3, 0.4) is 0 Å². The molecule has 0 unspecified atom stereocenters. The molecule has 0 bridgehead atoms. The van der Waals surface area contributed by atoms with E-state index in [1.54, 1.807) is 6.07 Å². The fraction of sp³-hybridized carbons (Fsp3) is 0.214. The fourth-order valence-corrected chi connectivity index (χ4v) is 2.32. The highest BCUT2D eigenvalue weighted by molar-refractivity contribution is 6.30. The number of hydrogen-bond acceptors (Lipinski definition) is 7. The number of hydrogen-bond donors (Lipinski definition) is 0. The van der Waals surface area contributed by atoms with Gasteiger partial charge in [-0.05, 0) is 12.1 Å². The monoisotopic (exact) mass is 368 g/mol. The number of aromatic nitrogens is 3. The molecule has 2 aromatic heterocycles. The largest absolute Gasteiger partial charge is 0.510 e. The van der Waals surface area contributed by atoms with Crippen LogP contribution in [0.5, 0.6) is 0 Å². The van der Waals surface area contributed by atoms with Crippen LogP contribution in [0.1, 0.15) is 22.4 Å². The Morgan fingerprint density at radius 2 is 2.04 bits per heavy atom. The summed E-state index contributed by atoms with van der Waals surface area (Å²) >= 11 is 11.3.